The minimum Gasteiger partial charge on any atom is -0.352 e. The van der Waals surface area contributed by atoms with Gasteiger partial charge < -0.3 is 10.6 Å². The standard InChI is InChI=1S/C15H15BrN2O2S/c1-2-8-17-14(19)10-4-3-5-11(9-10)18-15(20)12-6-7-13(16)21-12/h3-7,9H,2,8H2,1H3,(H,17,19)(H,18,20). The average Bonchev–Trinajstić information content (AvgIpc) is 2.91. The number of rotatable bonds is 5. The lowest BCUT2D eigenvalue weighted by atomic mass is 10.2. The second-order valence-corrected chi connectivity index (χ2v) is 6.86. The Kier molecular flexibility index (Phi) is 5.52. The Balaban J connectivity index is 2.07. The quantitative estimate of drug-likeness (QED) is 0.842. The highest BCUT2D eigenvalue weighted by Crippen LogP contribution is 2.23. The van der Waals surface area contributed by atoms with Crippen molar-refractivity contribution in [1.29, 1.82) is 0 Å². The van der Waals surface area contributed by atoms with Gasteiger partial charge in [-0.05, 0) is 52.7 Å². The normalized spacial score (nSPS) is 10.2. The molecule has 0 aliphatic heterocycles. The van der Waals surface area contributed by atoms with Gasteiger partial charge in [0, 0.05) is 17.8 Å². The monoisotopic (exact) mass is 366 g/mol. The highest BCUT2D eigenvalue weighted by Gasteiger charge is 2.10. The van der Waals surface area contributed by atoms with Crippen LogP contribution >= 0.6 is 27.3 Å². The van der Waals surface area contributed by atoms with E-state index in [2.05, 4.69) is 26.6 Å². The van der Waals surface area contributed by atoms with Crippen LogP contribution in [0.2, 0.25) is 0 Å². The van der Waals surface area contributed by atoms with Crippen molar-refractivity contribution in [3.05, 3.63) is 50.6 Å². The summed E-state index contributed by atoms with van der Waals surface area (Å²) in [6, 6.07) is 10.5. The van der Waals surface area contributed by atoms with Gasteiger partial charge in [0.25, 0.3) is 11.8 Å². The zero-order valence-electron chi connectivity index (χ0n) is 11.5. The summed E-state index contributed by atoms with van der Waals surface area (Å²) >= 11 is 4.69. The van der Waals surface area contributed by atoms with Crippen LogP contribution < -0.4 is 10.6 Å². The van der Waals surface area contributed by atoms with Crippen LogP contribution in [0, 0.1) is 0 Å². The van der Waals surface area contributed by atoms with Gasteiger partial charge in [0.15, 0.2) is 0 Å². The van der Waals surface area contributed by atoms with Gasteiger partial charge in [0.2, 0.25) is 0 Å². The first kappa shape index (κ1) is 15.7. The van der Waals surface area contributed by atoms with Gasteiger partial charge >= 0.3 is 0 Å². The van der Waals surface area contributed by atoms with Crippen molar-refractivity contribution in [3.8, 4) is 0 Å². The lowest BCUT2D eigenvalue weighted by Gasteiger charge is -2.07. The van der Waals surface area contributed by atoms with E-state index in [-0.39, 0.29) is 11.8 Å². The molecule has 0 spiro atoms. The third-order valence-corrected chi connectivity index (χ3v) is 4.34. The fraction of sp³-hybridized carbons (Fsp3) is 0.200. The van der Waals surface area contributed by atoms with Gasteiger partial charge in [-0.2, -0.15) is 0 Å². The molecular weight excluding hydrogens is 352 g/mol. The van der Waals surface area contributed by atoms with E-state index in [4.69, 9.17) is 0 Å². The molecule has 6 heteroatoms. The Hall–Kier alpha value is -1.66. The molecule has 1 heterocycles. The third-order valence-electron chi connectivity index (χ3n) is 2.72. The number of carbonyl (C=O) groups is 2. The maximum atomic E-state index is 12.1. The van der Waals surface area contributed by atoms with E-state index in [9.17, 15) is 9.59 Å². The summed E-state index contributed by atoms with van der Waals surface area (Å²) in [6.45, 7) is 2.63. The Morgan fingerprint density at radius 2 is 2.00 bits per heavy atom. The predicted octanol–water partition coefficient (Wildman–Crippen LogP) is 3.90. The van der Waals surface area contributed by atoms with Gasteiger partial charge in [0.05, 0.1) is 8.66 Å². The number of nitrogens with one attached hydrogen (secondary N) is 2. The Morgan fingerprint density at radius 1 is 1.19 bits per heavy atom. The summed E-state index contributed by atoms with van der Waals surface area (Å²) in [6.07, 6.45) is 0.884. The maximum Gasteiger partial charge on any atom is 0.265 e. The van der Waals surface area contributed by atoms with Crippen molar-refractivity contribution in [2.45, 2.75) is 13.3 Å². The van der Waals surface area contributed by atoms with Crippen LogP contribution in [0.4, 0.5) is 5.69 Å². The van der Waals surface area contributed by atoms with Gasteiger partial charge in [0.1, 0.15) is 0 Å². The number of benzene rings is 1. The van der Waals surface area contributed by atoms with E-state index in [1.165, 1.54) is 11.3 Å². The maximum absolute atomic E-state index is 12.1. The van der Waals surface area contributed by atoms with E-state index < -0.39 is 0 Å². The molecule has 21 heavy (non-hydrogen) atoms. The summed E-state index contributed by atoms with van der Waals surface area (Å²) < 4.78 is 0.903. The molecular formula is C15H15BrN2O2S. The van der Waals surface area contributed by atoms with E-state index in [1.54, 1.807) is 30.3 Å². The largest absolute Gasteiger partial charge is 0.352 e. The molecule has 2 rings (SSSR count). The lowest BCUT2D eigenvalue weighted by molar-refractivity contribution is 0.0952. The fourth-order valence-electron chi connectivity index (χ4n) is 1.71. The average molecular weight is 367 g/mol. The van der Waals surface area contributed by atoms with E-state index in [1.807, 2.05) is 13.0 Å². The topological polar surface area (TPSA) is 58.2 Å². The number of anilines is 1. The first-order valence-corrected chi connectivity index (χ1v) is 8.16. The van der Waals surface area contributed by atoms with Crippen LogP contribution in [0.1, 0.15) is 33.4 Å². The smallest absolute Gasteiger partial charge is 0.265 e. The minimum atomic E-state index is -0.184. The fourth-order valence-corrected chi connectivity index (χ4v) is 2.99. The molecule has 0 atom stereocenters. The number of amides is 2. The molecule has 0 saturated carbocycles. The van der Waals surface area contributed by atoms with Crippen molar-refractivity contribution in [1.82, 2.24) is 5.32 Å². The zero-order chi connectivity index (χ0) is 15.2. The van der Waals surface area contributed by atoms with Crippen molar-refractivity contribution in [3.63, 3.8) is 0 Å². The number of carbonyl (C=O) groups excluding carboxylic acids is 2. The summed E-state index contributed by atoms with van der Waals surface area (Å²) in [4.78, 5) is 24.6. The Labute approximate surface area is 135 Å². The van der Waals surface area contributed by atoms with Crippen molar-refractivity contribution >= 4 is 44.8 Å². The van der Waals surface area contributed by atoms with E-state index in [0.717, 1.165) is 10.2 Å². The predicted molar refractivity (Wildman–Crippen MR) is 89.0 cm³/mol. The summed E-state index contributed by atoms with van der Waals surface area (Å²) in [5.41, 5.74) is 1.14. The van der Waals surface area contributed by atoms with Gasteiger partial charge in [-0.15, -0.1) is 11.3 Å². The van der Waals surface area contributed by atoms with Crippen molar-refractivity contribution in [2.24, 2.45) is 0 Å². The molecule has 2 aromatic rings. The van der Waals surface area contributed by atoms with Crippen LogP contribution in [0.25, 0.3) is 0 Å². The molecule has 110 valence electrons. The molecule has 0 saturated heterocycles. The van der Waals surface area contributed by atoms with Crippen LogP contribution in [0.5, 0.6) is 0 Å². The van der Waals surface area contributed by atoms with Crippen molar-refractivity contribution in [2.75, 3.05) is 11.9 Å². The molecule has 0 bridgehead atoms. The highest BCUT2D eigenvalue weighted by atomic mass is 79.9. The molecule has 1 aromatic heterocycles. The zero-order valence-corrected chi connectivity index (χ0v) is 13.9. The van der Waals surface area contributed by atoms with E-state index in [0.29, 0.717) is 22.7 Å². The van der Waals surface area contributed by atoms with Crippen LogP contribution in [-0.2, 0) is 0 Å². The number of thiophene rings is 1. The first-order chi connectivity index (χ1) is 10.1. The molecule has 4 nitrogen and oxygen atoms in total. The summed E-state index contributed by atoms with van der Waals surface area (Å²) in [7, 11) is 0. The first-order valence-electron chi connectivity index (χ1n) is 6.55. The van der Waals surface area contributed by atoms with Crippen molar-refractivity contribution < 1.29 is 9.59 Å². The Bertz CT molecular complexity index is 655. The number of hydrogen-bond donors (Lipinski definition) is 2. The van der Waals surface area contributed by atoms with Gasteiger partial charge in [-0.1, -0.05) is 13.0 Å². The second kappa shape index (κ2) is 7.38. The molecule has 0 aliphatic rings. The third kappa shape index (κ3) is 4.41. The minimum absolute atomic E-state index is 0.133. The van der Waals surface area contributed by atoms with Crippen LogP contribution in [0.3, 0.4) is 0 Å². The Morgan fingerprint density at radius 3 is 2.67 bits per heavy atom. The molecule has 0 aliphatic carbocycles. The molecule has 2 N–H and O–H groups in total. The molecule has 1 aromatic carbocycles. The summed E-state index contributed by atoms with van der Waals surface area (Å²) in [5, 5.41) is 5.60. The molecule has 0 unspecified atom stereocenters. The SMILES string of the molecule is CCCNC(=O)c1cccc(NC(=O)c2ccc(Br)s2)c1. The van der Waals surface area contributed by atoms with E-state index >= 15 is 0 Å². The van der Waals surface area contributed by atoms with Crippen LogP contribution in [0.15, 0.2) is 40.2 Å². The molecule has 0 radical (unpaired) electrons. The van der Waals surface area contributed by atoms with Crippen LogP contribution in [-0.4, -0.2) is 18.4 Å². The van der Waals surface area contributed by atoms with Gasteiger partial charge in [-0.3, -0.25) is 9.59 Å². The second-order valence-electron chi connectivity index (χ2n) is 4.39. The van der Waals surface area contributed by atoms with Gasteiger partial charge in [-0.25, -0.2) is 0 Å². The highest BCUT2D eigenvalue weighted by molar-refractivity contribution is 9.11. The summed E-state index contributed by atoms with van der Waals surface area (Å²) in [5.74, 6) is -0.316. The molecule has 0 fully saturated rings. The lowest BCUT2D eigenvalue weighted by Crippen LogP contribution is -2.24. The number of halogens is 1. The molecule has 2 amide bonds. The number of hydrogen-bond acceptors (Lipinski definition) is 3.